The second-order valence-corrected chi connectivity index (χ2v) is 4.00. The molecule has 0 radical (unpaired) electrons. The van der Waals surface area contributed by atoms with Gasteiger partial charge in [-0.2, -0.15) is 4.98 Å². The molecule has 0 fully saturated rings. The Balaban J connectivity index is 1.96. The van der Waals surface area contributed by atoms with Gasteiger partial charge in [-0.05, 0) is 18.7 Å². The van der Waals surface area contributed by atoms with Crippen LogP contribution in [0.2, 0.25) is 0 Å². The lowest BCUT2D eigenvalue weighted by Gasteiger charge is -2.16. The maximum atomic E-state index is 10.5. The van der Waals surface area contributed by atoms with Gasteiger partial charge in [0.05, 0.1) is 19.2 Å². The van der Waals surface area contributed by atoms with Crippen LogP contribution in [0.4, 0.5) is 0 Å². The van der Waals surface area contributed by atoms with Crippen molar-refractivity contribution in [3.8, 4) is 11.6 Å². The lowest BCUT2D eigenvalue weighted by molar-refractivity contribution is -0.137. The summed E-state index contributed by atoms with van der Waals surface area (Å²) in [5.41, 5.74) is 0. The van der Waals surface area contributed by atoms with Crippen LogP contribution in [0.15, 0.2) is 27.3 Å². The van der Waals surface area contributed by atoms with Crippen LogP contribution < -0.4 is 0 Å². The normalized spacial score (nSPS) is 11.1. The number of rotatable bonds is 7. The number of hydrogen-bond acceptors (Lipinski definition) is 6. The third kappa shape index (κ3) is 3.65. The molecule has 2 rings (SSSR count). The molecule has 0 unspecified atom stereocenters. The van der Waals surface area contributed by atoms with Gasteiger partial charge in [0.2, 0.25) is 11.7 Å². The number of nitrogens with zero attached hydrogens (tertiary/aromatic N) is 3. The number of carbonyl (C=O) groups is 1. The minimum atomic E-state index is -0.819. The molecule has 0 saturated carbocycles. The Bertz CT molecular complexity index is 521. The summed E-state index contributed by atoms with van der Waals surface area (Å²) in [7, 11) is 0. The van der Waals surface area contributed by atoms with Crippen molar-refractivity contribution in [1.82, 2.24) is 15.0 Å². The Morgan fingerprint density at radius 1 is 1.53 bits per heavy atom. The summed E-state index contributed by atoms with van der Waals surface area (Å²) in [6, 6.07) is 3.49. The quantitative estimate of drug-likeness (QED) is 0.813. The average Bonchev–Trinajstić information content (AvgIpc) is 3.04. The largest absolute Gasteiger partial charge is 0.481 e. The first kappa shape index (κ1) is 13.3. The second kappa shape index (κ2) is 6.14. The van der Waals surface area contributed by atoms with E-state index >= 15 is 0 Å². The highest BCUT2D eigenvalue weighted by atomic mass is 16.5. The molecule has 102 valence electrons. The van der Waals surface area contributed by atoms with Crippen LogP contribution in [0.25, 0.3) is 11.6 Å². The molecular formula is C12H15N3O4. The van der Waals surface area contributed by atoms with Gasteiger partial charge in [0.15, 0.2) is 5.76 Å². The van der Waals surface area contributed by atoms with Crippen LogP contribution >= 0.6 is 0 Å². The van der Waals surface area contributed by atoms with Crippen molar-refractivity contribution >= 4 is 5.97 Å². The van der Waals surface area contributed by atoms with Crippen LogP contribution in [-0.2, 0) is 11.3 Å². The summed E-state index contributed by atoms with van der Waals surface area (Å²) in [5.74, 6) is 0.566. The predicted octanol–water partition coefficient (Wildman–Crippen LogP) is 1.63. The Hall–Kier alpha value is -2.15. The maximum absolute atomic E-state index is 10.5. The van der Waals surface area contributed by atoms with Gasteiger partial charge in [-0.3, -0.25) is 9.69 Å². The average molecular weight is 265 g/mol. The van der Waals surface area contributed by atoms with Gasteiger partial charge < -0.3 is 14.0 Å². The van der Waals surface area contributed by atoms with Gasteiger partial charge in [0.25, 0.3) is 0 Å². The van der Waals surface area contributed by atoms with Crippen molar-refractivity contribution < 1.29 is 18.8 Å². The molecule has 19 heavy (non-hydrogen) atoms. The highest BCUT2D eigenvalue weighted by Gasteiger charge is 2.14. The highest BCUT2D eigenvalue weighted by molar-refractivity contribution is 5.66. The minimum absolute atomic E-state index is 0.0903. The van der Waals surface area contributed by atoms with Gasteiger partial charge in [0.1, 0.15) is 0 Å². The summed E-state index contributed by atoms with van der Waals surface area (Å²) in [6.45, 7) is 3.54. The van der Waals surface area contributed by atoms with Crippen molar-refractivity contribution in [3.05, 3.63) is 24.3 Å². The molecule has 0 amide bonds. The first-order valence-electron chi connectivity index (χ1n) is 5.99. The second-order valence-electron chi connectivity index (χ2n) is 4.00. The number of aromatic nitrogens is 2. The van der Waals surface area contributed by atoms with E-state index in [4.69, 9.17) is 14.0 Å². The van der Waals surface area contributed by atoms with E-state index in [1.807, 2.05) is 11.8 Å². The molecule has 0 spiro atoms. The number of carboxylic acids is 1. The lowest BCUT2D eigenvalue weighted by atomic mass is 10.3. The smallest absolute Gasteiger partial charge is 0.304 e. The third-order valence-corrected chi connectivity index (χ3v) is 2.66. The summed E-state index contributed by atoms with van der Waals surface area (Å²) >= 11 is 0. The molecule has 7 heteroatoms. The highest BCUT2D eigenvalue weighted by Crippen LogP contribution is 2.16. The monoisotopic (exact) mass is 265 g/mol. The van der Waals surface area contributed by atoms with E-state index in [1.165, 1.54) is 6.26 Å². The predicted molar refractivity (Wildman–Crippen MR) is 65.2 cm³/mol. The molecule has 1 N–H and O–H groups in total. The Morgan fingerprint density at radius 2 is 2.37 bits per heavy atom. The number of carboxylic acid groups (broad SMARTS) is 1. The van der Waals surface area contributed by atoms with Gasteiger partial charge in [-0.1, -0.05) is 12.1 Å². The van der Waals surface area contributed by atoms with Gasteiger partial charge in [-0.15, -0.1) is 0 Å². The van der Waals surface area contributed by atoms with E-state index in [-0.39, 0.29) is 6.42 Å². The third-order valence-electron chi connectivity index (χ3n) is 2.66. The summed E-state index contributed by atoms with van der Waals surface area (Å²) in [4.78, 5) is 16.7. The Kier molecular flexibility index (Phi) is 4.30. The minimum Gasteiger partial charge on any atom is -0.481 e. The van der Waals surface area contributed by atoms with E-state index in [0.29, 0.717) is 37.1 Å². The van der Waals surface area contributed by atoms with E-state index in [2.05, 4.69) is 10.1 Å². The molecule has 0 atom stereocenters. The van der Waals surface area contributed by atoms with Gasteiger partial charge >= 0.3 is 5.97 Å². The van der Waals surface area contributed by atoms with E-state index in [0.717, 1.165) is 0 Å². The first-order chi connectivity index (χ1) is 9.19. The van der Waals surface area contributed by atoms with E-state index < -0.39 is 5.97 Å². The molecule has 0 bridgehead atoms. The molecule has 0 aliphatic heterocycles. The number of aliphatic carboxylic acids is 1. The molecule has 2 aromatic rings. The summed E-state index contributed by atoms with van der Waals surface area (Å²) < 4.78 is 10.3. The first-order valence-corrected chi connectivity index (χ1v) is 5.99. The zero-order valence-electron chi connectivity index (χ0n) is 10.6. The van der Waals surface area contributed by atoms with Crippen molar-refractivity contribution in [3.63, 3.8) is 0 Å². The number of hydrogen-bond donors (Lipinski definition) is 1. The van der Waals surface area contributed by atoms with Crippen LogP contribution in [0.5, 0.6) is 0 Å². The molecular weight excluding hydrogens is 250 g/mol. The van der Waals surface area contributed by atoms with Crippen molar-refractivity contribution in [2.24, 2.45) is 0 Å². The van der Waals surface area contributed by atoms with Crippen molar-refractivity contribution in [1.29, 1.82) is 0 Å². The van der Waals surface area contributed by atoms with Crippen molar-refractivity contribution in [2.45, 2.75) is 19.9 Å². The zero-order valence-corrected chi connectivity index (χ0v) is 10.6. The Morgan fingerprint density at radius 3 is 3.00 bits per heavy atom. The van der Waals surface area contributed by atoms with Crippen LogP contribution in [0.3, 0.4) is 0 Å². The maximum Gasteiger partial charge on any atom is 0.304 e. The van der Waals surface area contributed by atoms with E-state index in [9.17, 15) is 4.79 Å². The molecule has 0 saturated heterocycles. The SMILES string of the molecule is CCN(CCC(=O)O)Cc1nc(-c2ccco2)no1. The van der Waals surface area contributed by atoms with Gasteiger partial charge in [-0.25, -0.2) is 0 Å². The van der Waals surface area contributed by atoms with Crippen LogP contribution in [0, 0.1) is 0 Å². The molecule has 2 heterocycles. The fraction of sp³-hybridized carbons (Fsp3) is 0.417. The number of furan rings is 1. The van der Waals surface area contributed by atoms with Crippen molar-refractivity contribution in [2.75, 3.05) is 13.1 Å². The molecule has 2 aromatic heterocycles. The lowest BCUT2D eigenvalue weighted by Crippen LogP contribution is -2.25. The standard InChI is InChI=1S/C12H15N3O4/c1-2-15(6-5-11(16)17)8-10-13-12(14-19-10)9-4-3-7-18-9/h3-4,7H,2,5-6,8H2,1H3,(H,16,17). The zero-order chi connectivity index (χ0) is 13.7. The van der Waals surface area contributed by atoms with Crippen LogP contribution in [-0.4, -0.2) is 39.2 Å². The fourth-order valence-corrected chi connectivity index (χ4v) is 1.62. The van der Waals surface area contributed by atoms with E-state index in [1.54, 1.807) is 12.1 Å². The fourth-order valence-electron chi connectivity index (χ4n) is 1.62. The molecule has 0 aliphatic carbocycles. The summed E-state index contributed by atoms with van der Waals surface area (Å²) in [5, 5.41) is 12.5. The molecule has 0 aromatic carbocycles. The van der Waals surface area contributed by atoms with Gasteiger partial charge in [0, 0.05) is 6.54 Å². The molecule has 0 aliphatic rings. The van der Waals surface area contributed by atoms with Crippen LogP contribution in [0.1, 0.15) is 19.2 Å². The Labute approximate surface area is 109 Å². The molecule has 7 nitrogen and oxygen atoms in total. The topological polar surface area (TPSA) is 92.6 Å². The summed E-state index contributed by atoms with van der Waals surface area (Å²) in [6.07, 6.45) is 1.63.